The Morgan fingerprint density at radius 2 is 0.783 bits per heavy atom. The molecule has 0 unspecified atom stereocenters. The van der Waals surface area contributed by atoms with E-state index in [2.05, 4.69) is 101 Å². The Labute approximate surface area is 341 Å². The topological polar surface area (TPSA) is 68.8 Å². The predicted molar refractivity (Wildman–Crippen MR) is 235 cm³/mol. The zero-order valence-electron chi connectivity index (χ0n) is 31.8. The second-order valence-electron chi connectivity index (χ2n) is 17.2. The third kappa shape index (κ3) is 3.50. The highest BCUT2D eigenvalue weighted by Crippen LogP contribution is 2.56. The van der Waals surface area contributed by atoms with Crippen molar-refractivity contribution >= 4 is 71.4 Å². The van der Waals surface area contributed by atoms with Crippen LogP contribution in [0.4, 0.5) is 0 Å². The highest BCUT2D eigenvalue weighted by atomic mass is 16.4. The summed E-state index contributed by atoms with van der Waals surface area (Å²) in [5, 5.41) is 6.08. The summed E-state index contributed by atoms with van der Waals surface area (Å²) in [7, 11) is 0. The summed E-state index contributed by atoms with van der Waals surface area (Å²) in [6.45, 7) is 0. The van der Waals surface area contributed by atoms with Gasteiger partial charge >= 0.3 is 5.63 Å². The third-order valence-electron chi connectivity index (χ3n) is 14.6. The van der Waals surface area contributed by atoms with E-state index in [0.29, 0.717) is 11.0 Å². The predicted octanol–water partition coefficient (Wildman–Crippen LogP) is 11.7. The molecule has 8 aromatic carbocycles. The molecule has 0 fully saturated rings. The third-order valence-corrected chi connectivity index (χ3v) is 14.6. The highest BCUT2D eigenvalue weighted by molar-refractivity contribution is 6.35. The van der Waals surface area contributed by atoms with Crippen molar-refractivity contribution in [2.75, 3.05) is 0 Å². The van der Waals surface area contributed by atoms with E-state index in [9.17, 15) is 4.79 Å². The van der Waals surface area contributed by atoms with Crippen LogP contribution in [0.15, 0.2) is 161 Å². The standard InChI is InChI=1S/C55H29NO4/c57-53-40-23-43-36(21-37(40)46-26-11-1-5-15-30(26)48(53)31-16-6-2-12-27(31)46)39-25-45-50(34-19-9-10-20-35(34)55(59)60-45)51-42-22-38-41(24-44(42)56(43)52(39)51)54(58)49-32-17-7-3-13-28(32)47(38)29-14-4-8-18-33(29)49/h1-25,46-49H. The molecule has 4 bridgehead atoms. The largest absolute Gasteiger partial charge is 0.422 e. The van der Waals surface area contributed by atoms with Crippen molar-refractivity contribution in [2.24, 2.45) is 0 Å². The molecule has 6 aliphatic rings. The van der Waals surface area contributed by atoms with Gasteiger partial charge in [-0.25, -0.2) is 4.79 Å². The number of Topliss-reactive ketones (excluding diaryl/α,β-unsaturated/α-hetero) is 2. The number of rotatable bonds is 0. The van der Waals surface area contributed by atoms with Crippen LogP contribution in [0.25, 0.3) is 59.8 Å². The fourth-order valence-corrected chi connectivity index (χ4v) is 12.4. The lowest BCUT2D eigenvalue weighted by atomic mass is 9.72. The van der Waals surface area contributed by atoms with Gasteiger partial charge in [-0.2, -0.15) is 0 Å². The van der Waals surface area contributed by atoms with Gasteiger partial charge in [-0.05, 0) is 92.0 Å². The van der Waals surface area contributed by atoms with Crippen LogP contribution in [0.1, 0.15) is 100 Å². The van der Waals surface area contributed by atoms with Crippen LogP contribution in [0.5, 0.6) is 0 Å². The minimum Gasteiger partial charge on any atom is -0.422 e. The molecule has 17 rings (SSSR count). The summed E-state index contributed by atoms with van der Waals surface area (Å²) in [5.74, 6) is -0.896. The number of hydrogen-bond donors (Lipinski definition) is 0. The molecule has 60 heavy (non-hydrogen) atoms. The van der Waals surface area contributed by atoms with Crippen molar-refractivity contribution in [3.63, 3.8) is 0 Å². The molecular weight excluding hydrogens is 739 g/mol. The first kappa shape index (κ1) is 31.4. The minimum absolute atomic E-state index is 0.0915. The molecule has 0 radical (unpaired) electrons. The molecule has 0 amide bonds. The van der Waals surface area contributed by atoms with Crippen LogP contribution in [-0.4, -0.2) is 16.0 Å². The number of nitrogens with zero attached hydrogens (tertiary/aromatic N) is 1. The van der Waals surface area contributed by atoms with Gasteiger partial charge in [0.1, 0.15) is 5.58 Å². The van der Waals surface area contributed by atoms with E-state index >= 15 is 9.59 Å². The van der Waals surface area contributed by atoms with Gasteiger partial charge in [0.15, 0.2) is 11.6 Å². The van der Waals surface area contributed by atoms with Gasteiger partial charge < -0.3 is 8.82 Å². The quantitative estimate of drug-likeness (QED) is 0.114. The number of carbonyl (C=O) groups excluding carboxylic acids is 2. The first-order chi connectivity index (χ1) is 29.5. The maximum atomic E-state index is 15.2. The monoisotopic (exact) mass is 767 g/mol. The second-order valence-corrected chi connectivity index (χ2v) is 17.2. The maximum Gasteiger partial charge on any atom is 0.344 e. The Bertz CT molecular complexity index is 3840. The van der Waals surface area contributed by atoms with Crippen LogP contribution >= 0.6 is 0 Å². The lowest BCUT2D eigenvalue weighted by molar-refractivity contribution is 0.0966. The number of carbonyl (C=O) groups is 2. The molecule has 0 aliphatic heterocycles. The van der Waals surface area contributed by atoms with Crippen LogP contribution in [-0.2, 0) is 0 Å². The molecular formula is C55H29NO4. The Balaban J connectivity index is 1.13. The van der Waals surface area contributed by atoms with E-state index in [4.69, 9.17) is 4.42 Å². The zero-order valence-corrected chi connectivity index (χ0v) is 31.8. The molecule has 3 aromatic heterocycles. The SMILES string of the molecule is O=C1c2cc3c(cc2C2c4ccccc4C1c1ccccc12)c1cc2oc(=O)c4ccccc4c2c2c4cc5c(cc4n3c12)C(=O)C1c2ccccc2C5c2ccccc21. The van der Waals surface area contributed by atoms with E-state index in [1.807, 2.05) is 54.6 Å². The fourth-order valence-electron chi connectivity index (χ4n) is 12.4. The van der Waals surface area contributed by atoms with Gasteiger partial charge in [-0.15, -0.1) is 0 Å². The average molecular weight is 768 g/mol. The van der Waals surface area contributed by atoms with Crippen LogP contribution in [0, 0.1) is 0 Å². The highest BCUT2D eigenvalue weighted by Gasteiger charge is 2.45. The lowest BCUT2D eigenvalue weighted by Crippen LogP contribution is -2.19. The van der Waals surface area contributed by atoms with Crippen LogP contribution < -0.4 is 5.63 Å². The molecule has 0 N–H and O–H groups in total. The number of benzene rings is 8. The number of fused-ring (bicyclic) bond motifs is 10. The van der Waals surface area contributed by atoms with Crippen molar-refractivity contribution in [1.29, 1.82) is 0 Å². The molecule has 0 saturated carbocycles. The second kappa shape index (κ2) is 10.5. The molecule has 278 valence electrons. The molecule has 3 heterocycles. The van der Waals surface area contributed by atoms with Gasteiger partial charge in [0.2, 0.25) is 0 Å². The maximum absolute atomic E-state index is 15.2. The van der Waals surface area contributed by atoms with E-state index in [0.717, 1.165) is 116 Å². The summed E-state index contributed by atoms with van der Waals surface area (Å²) in [4.78, 5) is 44.1. The molecule has 0 spiro atoms. The Morgan fingerprint density at radius 1 is 0.367 bits per heavy atom. The summed E-state index contributed by atoms with van der Waals surface area (Å²) >= 11 is 0. The van der Waals surface area contributed by atoms with Gasteiger partial charge in [0.05, 0.1) is 33.8 Å². The van der Waals surface area contributed by atoms with Crippen molar-refractivity contribution in [1.82, 2.24) is 4.40 Å². The van der Waals surface area contributed by atoms with Gasteiger partial charge in [-0.3, -0.25) is 9.59 Å². The minimum atomic E-state index is -0.413. The molecule has 0 atom stereocenters. The number of ketones is 2. The van der Waals surface area contributed by atoms with Crippen molar-refractivity contribution in [2.45, 2.75) is 23.7 Å². The van der Waals surface area contributed by atoms with Gasteiger partial charge in [-0.1, -0.05) is 115 Å². The molecule has 11 aromatic rings. The Morgan fingerprint density at radius 3 is 1.28 bits per heavy atom. The Hall–Kier alpha value is -7.63. The summed E-state index contributed by atoms with van der Waals surface area (Å²) in [5.41, 5.74) is 15.2. The lowest BCUT2D eigenvalue weighted by Gasteiger charge is -2.30. The van der Waals surface area contributed by atoms with Crippen molar-refractivity contribution in [3.05, 3.63) is 229 Å². The fraction of sp³-hybridized carbons (Fsp3) is 0.0727. The summed E-state index contributed by atoms with van der Waals surface area (Å²) < 4.78 is 8.58. The number of aromatic nitrogens is 1. The van der Waals surface area contributed by atoms with E-state index in [1.165, 1.54) is 0 Å². The zero-order chi connectivity index (χ0) is 39.3. The van der Waals surface area contributed by atoms with E-state index in [1.54, 1.807) is 0 Å². The molecule has 5 nitrogen and oxygen atoms in total. The van der Waals surface area contributed by atoms with Crippen LogP contribution in [0.3, 0.4) is 0 Å². The van der Waals surface area contributed by atoms with Crippen LogP contribution in [0.2, 0.25) is 0 Å². The van der Waals surface area contributed by atoms with Gasteiger partial charge in [0.25, 0.3) is 0 Å². The van der Waals surface area contributed by atoms with Crippen molar-refractivity contribution in [3.8, 4) is 0 Å². The van der Waals surface area contributed by atoms with E-state index < -0.39 is 11.8 Å². The normalized spacial score (nSPS) is 19.5. The molecule has 6 aliphatic carbocycles. The molecule has 0 saturated heterocycles. The first-order valence-electron chi connectivity index (χ1n) is 20.7. The smallest absolute Gasteiger partial charge is 0.344 e. The average Bonchev–Trinajstić information content (AvgIpc) is 3.64. The Kier molecular flexibility index (Phi) is 5.49. The molecule has 5 heteroatoms. The van der Waals surface area contributed by atoms with Gasteiger partial charge in [0, 0.05) is 55.3 Å². The summed E-state index contributed by atoms with van der Waals surface area (Å²) in [6.07, 6.45) is 0. The van der Waals surface area contributed by atoms with E-state index in [-0.39, 0.29) is 29.0 Å². The van der Waals surface area contributed by atoms with Crippen molar-refractivity contribution < 1.29 is 14.0 Å². The number of hydrogen-bond acceptors (Lipinski definition) is 4. The first-order valence-corrected chi connectivity index (χ1v) is 20.7. The summed E-state index contributed by atoms with van der Waals surface area (Å²) in [6, 6.07) is 52.1.